The first kappa shape index (κ1) is 18.8. The fourth-order valence-electron chi connectivity index (χ4n) is 2.30. The van der Waals surface area contributed by atoms with E-state index < -0.39 is 19.7 Å². The second-order valence-electron chi connectivity index (χ2n) is 5.62. The summed E-state index contributed by atoms with van der Waals surface area (Å²) in [6.07, 6.45) is 2.10. The molecule has 0 bridgehead atoms. The van der Waals surface area contributed by atoms with E-state index in [2.05, 4.69) is 0 Å². The van der Waals surface area contributed by atoms with Gasteiger partial charge >= 0.3 is 0 Å². The van der Waals surface area contributed by atoms with Gasteiger partial charge in [0.05, 0.1) is 15.5 Å². The molecule has 0 aliphatic carbocycles. The minimum atomic E-state index is -3.60. The van der Waals surface area contributed by atoms with Crippen molar-refractivity contribution < 1.29 is 16.8 Å². The average Bonchev–Trinajstić information content (AvgIpc) is 2.47. The molecular weight excluding hydrogens is 370 g/mol. The molecule has 0 aromatic heterocycles. The summed E-state index contributed by atoms with van der Waals surface area (Å²) in [6.45, 7) is 0.389. The smallest absolute Gasteiger partial charge is 0.177 e. The maximum Gasteiger partial charge on any atom is 0.177 e. The summed E-state index contributed by atoms with van der Waals surface area (Å²) in [5.74, 6) is 0. The largest absolute Gasteiger partial charge is 0.369 e. The van der Waals surface area contributed by atoms with E-state index in [0.29, 0.717) is 17.3 Å². The molecule has 0 fully saturated rings. The summed E-state index contributed by atoms with van der Waals surface area (Å²) in [7, 11) is -5.37. The maximum atomic E-state index is 12.1. The normalized spacial score (nSPS) is 12.2. The number of hydrogen-bond acceptors (Lipinski definition) is 5. The fourth-order valence-corrected chi connectivity index (χ4v) is 4.17. The van der Waals surface area contributed by atoms with Crippen LogP contribution in [0.15, 0.2) is 52.3 Å². The highest BCUT2D eigenvalue weighted by atomic mass is 35.5. The Morgan fingerprint density at radius 1 is 0.958 bits per heavy atom. The Bertz CT molecular complexity index is 969. The Kier molecular flexibility index (Phi) is 5.27. The van der Waals surface area contributed by atoms with Gasteiger partial charge in [0.25, 0.3) is 0 Å². The van der Waals surface area contributed by atoms with Crippen molar-refractivity contribution in [1.29, 1.82) is 0 Å². The van der Waals surface area contributed by atoms with E-state index in [1.54, 1.807) is 18.0 Å². The third kappa shape index (κ3) is 4.28. The number of benzene rings is 2. The van der Waals surface area contributed by atoms with Crippen molar-refractivity contribution in [2.75, 3.05) is 24.5 Å². The molecule has 0 saturated heterocycles. The van der Waals surface area contributed by atoms with Crippen molar-refractivity contribution in [3.8, 4) is 0 Å². The van der Waals surface area contributed by atoms with Crippen LogP contribution in [0.3, 0.4) is 0 Å². The minimum Gasteiger partial charge on any atom is -0.369 e. The zero-order valence-electron chi connectivity index (χ0n) is 13.5. The highest BCUT2D eigenvalue weighted by molar-refractivity contribution is 7.91. The second kappa shape index (κ2) is 6.74. The predicted molar refractivity (Wildman–Crippen MR) is 96.2 cm³/mol. The number of nitrogens with zero attached hydrogens (tertiary/aromatic N) is 1. The molecule has 0 N–H and O–H groups in total. The van der Waals surface area contributed by atoms with E-state index in [0.717, 1.165) is 18.1 Å². The molecule has 24 heavy (non-hydrogen) atoms. The van der Waals surface area contributed by atoms with Crippen LogP contribution < -0.4 is 4.90 Å². The summed E-state index contributed by atoms with van der Waals surface area (Å²) < 4.78 is 47.6. The van der Waals surface area contributed by atoms with Crippen LogP contribution in [-0.2, 0) is 26.2 Å². The SMILES string of the molecule is CN(Cc1ccccc1Cl)c1ccc(S(C)(=O)=O)cc1S(C)(=O)=O. The van der Waals surface area contributed by atoms with Crippen LogP contribution in [0.5, 0.6) is 0 Å². The lowest BCUT2D eigenvalue weighted by Gasteiger charge is -2.23. The van der Waals surface area contributed by atoms with Gasteiger partial charge in [-0.25, -0.2) is 16.8 Å². The quantitative estimate of drug-likeness (QED) is 0.788. The maximum absolute atomic E-state index is 12.1. The van der Waals surface area contributed by atoms with Gasteiger partial charge < -0.3 is 4.90 Å². The Balaban J connectivity index is 2.51. The molecule has 130 valence electrons. The molecule has 2 aromatic rings. The molecule has 0 amide bonds. The highest BCUT2D eigenvalue weighted by Crippen LogP contribution is 2.29. The zero-order valence-corrected chi connectivity index (χ0v) is 15.9. The van der Waals surface area contributed by atoms with Crippen LogP contribution in [0, 0.1) is 0 Å². The molecule has 0 unspecified atom stereocenters. The summed E-state index contributed by atoms with van der Waals surface area (Å²) in [5, 5.41) is 0.581. The highest BCUT2D eigenvalue weighted by Gasteiger charge is 2.20. The van der Waals surface area contributed by atoms with E-state index in [1.165, 1.54) is 18.2 Å². The van der Waals surface area contributed by atoms with Crippen molar-refractivity contribution in [3.63, 3.8) is 0 Å². The van der Waals surface area contributed by atoms with Gasteiger partial charge in [-0.3, -0.25) is 0 Å². The first-order valence-corrected chi connectivity index (χ1v) is 11.1. The van der Waals surface area contributed by atoms with E-state index in [4.69, 9.17) is 11.6 Å². The lowest BCUT2D eigenvalue weighted by atomic mass is 10.2. The molecule has 0 radical (unpaired) electrons. The molecule has 0 aliphatic heterocycles. The van der Waals surface area contributed by atoms with E-state index in [9.17, 15) is 16.8 Å². The second-order valence-corrected chi connectivity index (χ2v) is 10.0. The zero-order chi connectivity index (χ0) is 18.1. The summed E-state index contributed by atoms with van der Waals surface area (Å²) in [6, 6.07) is 11.4. The van der Waals surface area contributed by atoms with Crippen molar-refractivity contribution >= 4 is 37.0 Å². The lowest BCUT2D eigenvalue weighted by Crippen LogP contribution is -2.19. The number of rotatable bonds is 5. The van der Waals surface area contributed by atoms with Crippen molar-refractivity contribution in [2.45, 2.75) is 16.3 Å². The van der Waals surface area contributed by atoms with Gasteiger partial charge in [0, 0.05) is 31.1 Å². The van der Waals surface area contributed by atoms with Gasteiger partial charge in [0.1, 0.15) is 0 Å². The molecule has 0 aliphatic rings. The number of halogens is 1. The first-order chi connectivity index (χ1) is 11.0. The van der Waals surface area contributed by atoms with Crippen LogP contribution in [0.25, 0.3) is 0 Å². The minimum absolute atomic E-state index is 0.0278. The van der Waals surface area contributed by atoms with Crippen LogP contribution in [0.4, 0.5) is 5.69 Å². The number of sulfone groups is 2. The van der Waals surface area contributed by atoms with Crippen molar-refractivity contribution in [3.05, 3.63) is 53.1 Å². The molecular formula is C16H18ClNO4S2. The van der Waals surface area contributed by atoms with Crippen LogP contribution in [-0.4, -0.2) is 36.4 Å². The molecule has 0 saturated carbocycles. The Labute approximate surface area is 147 Å². The lowest BCUT2D eigenvalue weighted by molar-refractivity contribution is 0.600. The average molecular weight is 388 g/mol. The summed E-state index contributed by atoms with van der Waals surface area (Å²) in [5.41, 5.74) is 1.26. The molecule has 0 heterocycles. The van der Waals surface area contributed by atoms with Gasteiger partial charge in [0.15, 0.2) is 19.7 Å². The number of anilines is 1. The fraction of sp³-hybridized carbons (Fsp3) is 0.250. The van der Waals surface area contributed by atoms with Gasteiger partial charge in [-0.1, -0.05) is 29.8 Å². The van der Waals surface area contributed by atoms with E-state index in [1.807, 2.05) is 18.2 Å². The topological polar surface area (TPSA) is 71.5 Å². The molecule has 2 aromatic carbocycles. The van der Waals surface area contributed by atoms with Crippen LogP contribution >= 0.6 is 11.6 Å². The van der Waals surface area contributed by atoms with Gasteiger partial charge in [-0.2, -0.15) is 0 Å². The third-order valence-corrected chi connectivity index (χ3v) is 6.14. The monoisotopic (exact) mass is 387 g/mol. The van der Waals surface area contributed by atoms with Crippen molar-refractivity contribution in [2.24, 2.45) is 0 Å². The Hall–Kier alpha value is -1.57. The Morgan fingerprint density at radius 3 is 2.12 bits per heavy atom. The molecule has 2 rings (SSSR count). The molecule has 0 spiro atoms. The standard InChI is InChI=1S/C16H18ClNO4S2/c1-18(11-12-6-4-5-7-14(12)17)15-9-8-13(23(2,19)20)10-16(15)24(3,21)22/h4-10H,11H2,1-3H3. The van der Waals surface area contributed by atoms with Crippen LogP contribution in [0.2, 0.25) is 5.02 Å². The van der Waals surface area contributed by atoms with Gasteiger partial charge in [-0.15, -0.1) is 0 Å². The van der Waals surface area contributed by atoms with E-state index in [-0.39, 0.29) is 9.79 Å². The third-order valence-electron chi connectivity index (χ3n) is 3.54. The summed E-state index contributed by atoms with van der Waals surface area (Å²) >= 11 is 6.15. The van der Waals surface area contributed by atoms with Gasteiger partial charge in [-0.05, 0) is 29.8 Å². The predicted octanol–water partition coefficient (Wildman–Crippen LogP) is 2.78. The number of hydrogen-bond donors (Lipinski definition) is 0. The van der Waals surface area contributed by atoms with E-state index >= 15 is 0 Å². The van der Waals surface area contributed by atoms with Gasteiger partial charge in [0.2, 0.25) is 0 Å². The molecule has 0 atom stereocenters. The summed E-state index contributed by atoms with van der Waals surface area (Å²) in [4.78, 5) is 1.67. The molecule has 8 heteroatoms. The molecule has 5 nitrogen and oxygen atoms in total. The Morgan fingerprint density at radius 2 is 1.58 bits per heavy atom. The van der Waals surface area contributed by atoms with Crippen LogP contribution in [0.1, 0.15) is 5.56 Å². The first-order valence-electron chi connectivity index (χ1n) is 6.99. The van der Waals surface area contributed by atoms with Crippen molar-refractivity contribution in [1.82, 2.24) is 0 Å².